The highest BCUT2D eigenvalue weighted by Crippen LogP contribution is 2.52. The number of fused-ring (bicyclic) bond motifs is 1. The van der Waals surface area contributed by atoms with E-state index >= 15 is 0 Å². The van der Waals surface area contributed by atoms with Gasteiger partial charge in [0.1, 0.15) is 5.60 Å². The summed E-state index contributed by atoms with van der Waals surface area (Å²) in [5, 5.41) is 0. The van der Waals surface area contributed by atoms with Crippen LogP contribution in [0.2, 0.25) is 0 Å². The van der Waals surface area contributed by atoms with Crippen molar-refractivity contribution in [2.24, 2.45) is 0 Å². The Labute approximate surface area is 151 Å². The molecular formula is C18H24BrNO4. The number of esters is 1. The molecule has 0 radical (unpaired) electrons. The smallest absolute Gasteiger partial charge is 0.410 e. The molecule has 1 unspecified atom stereocenters. The van der Waals surface area contributed by atoms with Crippen LogP contribution in [-0.4, -0.2) is 45.1 Å². The second kappa shape index (κ2) is 5.61. The molecule has 1 aliphatic carbocycles. The van der Waals surface area contributed by atoms with E-state index in [2.05, 4.69) is 15.9 Å². The summed E-state index contributed by atoms with van der Waals surface area (Å²) < 4.78 is 11.5. The van der Waals surface area contributed by atoms with Crippen LogP contribution >= 0.6 is 15.9 Å². The van der Waals surface area contributed by atoms with Crippen molar-refractivity contribution in [3.05, 3.63) is 23.8 Å². The van der Waals surface area contributed by atoms with Gasteiger partial charge >= 0.3 is 12.1 Å². The molecule has 1 amide bonds. The second-order valence-corrected chi connectivity index (χ2v) is 9.11. The predicted molar refractivity (Wildman–Crippen MR) is 94.0 cm³/mol. The van der Waals surface area contributed by atoms with E-state index in [0.29, 0.717) is 13.0 Å². The van der Waals surface area contributed by atoms with E-state index in [0.717, 1.165) is 18.4 Å². The third-order valence-corrected chi connectivity index (χ3v) is 5.74. The molecule has 0 spiro atoms. The van der Waals surface area contributed by atoms with Gasteiger partial charge in [0, 0.05) is 29.4 Å². The maximum Gasteiger partial charge on any atom is 0.410 e. The zero-order chi connectivity index (χ0) is 17.8. The van der Waals surface area contributed by atoms with Gasteiger partial charge < -0.3 is 9.47 Å². The van der Waals surface area contributed by atoms with Crippen molar-refractivity contribution in [3.63, 3.8) is 0 Å². The Bertz CT molecular complexity index is 635. The highest BCUT2D eigenvalue weighted by atomic mass is 79.9. The molecule has 0 aromatic carbocycles. The van der Waals surface area contributed by atoms with Crippen molar-refractivity contribution >= 4 is 28.0 Å². The van der Waals surface area contributed by atoms with Gasteiger partial charge in [0.25, 0.3) is 0 Å². The number of likely N-dealkylation sites (tertiary alicyclic amines) is 1. The number of amides is 1. The molecule has 2 heterocycles. The van der Waals surface area contributed by atoms with Crippen LogP contribution in [0.3, 0.4) is 0 Å². The van der Waals surface area contributed by atoms with Crippen LogP contribution in [-0.2, 0) is 14.3 Å². The topological polar surface area (TPSA) is 55.8 Å². The van der Waals surface area contributed by atoms with Crippen LogP contribution in [0.5, 0.6) is 0 Å². The molecule has 6 heteroatoms. The van der Waals surface area contributed by atoms with E-state index in [1.807, 2.05) is 39.8 Å². The molecule has 3 aliphatic rings. The maximum atomic E-state index is 12.8. The number of nitrogens with zero attached hydrogens (tertiary/aromatic N) is 1. The number of hydrogen-bond donors (Lipinski definition) is 0. The fraction of sp³-hybridized carbons (Fsp3) is 0.667. The minimum Gasteiger partial charge on any atom is -0.448 e. The number of carbonyl (C=O) groups excluding carboxylic acids is 2. The van der Waals surface area contributed by atoms with Gasteiger partial charge in [-0.05, 0) is 40.5 Å². The third-order valence-electron chi connectivity index (χ3n) is 5.11. The number of rotatable bonds is 1. The van der Waals surface area contributed by atoms with Crippen LogP contribution in [0, 0.1) is 0 Å². The van der Waals surface area contributed by atoms with Gasteiger partial charge in [-0.2, -0.15) is 0 Å². The Balaban J connectivity index is 1.99. The molecule has 3 atom stereocenters. The van der Waals surface area contributed by atoms with Crippen molar-refractivity contribution in [1.29, 1.82) is 0 Å². The average Bonchev–Trinajstić information content (AvgIpc) is 2.98. The average molecular weight is 398 g/mol. The lowest BCUT2D eigenvalue weighted by atomic mass is 9.70. The van der Waals surface area contributed by atoms with Crippen LogP contribution < -0.4 is 0 Å². The normalized spacial score (nSPS) is 35.5. The van der Waals surface area contributed by atoms with Crippen LogP contribution in [0.25, 0.3) is 0 Å². The fourth-order valence-electron chi connectivity index (χ4n) is 4.03. The third kappa shape index (κ3) is 2.68. The first kappa shape index (κ1) is 17.5. The van der Waals surface area contributed by atoms with Crippen molar-refractivity contribution in [1.82, 2.24) is 4.90 Å². The first-order valence-electron chi connectivity index (χ1n) is 8.35. The van der Waals surface area contributed by atoms with Crippen molar-refractivity contribution in [3.8, 4) is 0 Å². The SMILES string of the molecule is CC(C)(C)OC(=O)N1CCC[C@]1(C)[C@]12CC(Br)C=CC1=CC(=O)O2. The summed E-state index contributed by atoms with van der Waals surface area (Å²) in [4.78, 5) is 26.7. The van der Waals surface area contributed by atoms with Crippen LogP contribution in [0.15, 0.2) is 23.8 Å². The van der Waals surface area contributed by atoms with Crippen molar-refractivity contribution < 1.29 is 19.1 Å². The van der Waals surface area contributed by atoms with E-state index in [1.165, 1.54) is 0 Å². The largest absolute Gasteiger partial charge is 0.448 e. The molecule has 0 bridgehead atoms. The zero-order valence-corrected chi connectivity index (χ0v) is 16.2. The Morgan fingerprint density at radius 1 is 1.46 bits per heavy atom. The van der Waals surface area contributed by atoms with Crippen LogP contribution in [0.1, 0.15) is 47.0 Å². The van der Waals surface area contributed by atoms with Gasteiger partial charge in [-0.15, -0.1) is 0 Å². The molecule has 132 valence electrons. The molecular weight excluding hydrogens is 374 g/mol. The molecule has 0 N–H and O–H groups in total. The van der Waals surface area contributed by atoms with E-state index in [-0.39, 0.29) is 16.9 Å². The summed E-state index contributed by atoms with van der Waals surface area (Å²) >= 11 is 3.62. The van der Waals surface area contributed by atoms with Gasteiger partial charge in [-0.3, -0.25) is 4.90 Å². The van der Waals surface area contributed by atoms with E-state index in [9.17, 15) is 9.59 Å². The fourth-order valence-corrected chi connectivity index (χ4v) is 4.64. The lowest BCUT2D eigenvalue weighted by molar-refractivity contribution is -0.158. The summed E-state index contributed by atoms with van der Waals surface area (Å²) in [7, 11) is 0. The Morgan fingerprint density at radius 3 is 2.83 bits per heavy atom. The van der Waals surface area contributed by atoms with Gasteiger partial charge in [-0.1, -0.05) is 28.1 Å². The molecule has 3 rings (SSSR count). The number of allylic oxidation sites excluding steroid dienone is 1. The summed E-state index contributed by atoms with van der Waals surface area (Å²) in [6, 6.07) is 0. The van der Waals surface area contributed by atoms with E-state index in [1.54, 1.807) is 11.0 Å². The standard InChI is InChI=1S/C18H24BrNO4/c1-16(2,3)24-15(22)20-9-5-8-17(20,4)18-11-13(19)7-6-12(18)10-14(21)23-18/h6-7,10,13H,5,8-9,11H2,1-4H3/t13?,17-,18+/m1/s1. The molecule has 0 aromatic rings. The van der Waals surface area contributed by atoms with Gasteiger partial charge in [0.15, 0.2) is 5.60 Å². The van der Waals surface area contributed by atoms with E-state index < -0.39 is 16.7 Å². The lowest BCUT2D eigenvalue weighted by Crippen LogP contribution is -2.63. The van der Waals surface area contributed by atoms with Crippen molar-refractivity contribution in [2.75, 3.05) is 6.54 Å². The molecule has 0 saturated carbocycles. The predicted octanol–water partition coefficient (Wildman–Crippen LogP) is 3.72. The number of carbonyl (C=O) groups is 2. The Morgan fingerprint density at radius 2 is 2.17 bits per heavy atom. The lowest BCUT2D eigenvalue weighted by Gasteiger charge is -2.50. The second-order valence-electron chi connectivity index (χ2n) is 7.94. The zero-order valence-electron chi connectivity index (χ0n) is 14.6. The molecule has 2 aliphatic heterocycles. The summed E-state index contributed by atoms with van der Waals surface area (Å²) in [6.07, 6.45) is 7.39. The monoisotopic (exact) mass is 397 g/mol. The van der Waals surface area contributed by atoms with E-state index in [4.69, 9.17) is 9.47 Å². The number of alkyl halides is 1. The van der Waals surface area contributed by atoms with Gasteiger partial charge in [0.05, 0.1) is 5.54 Å². The van der Waals surface area contributed by atoms with Gasteiger partial charge in [0.2, 0.25) is 0 Å². The quantitative estimate of drug-likeness (QED) is 0.499. The molecule has 1 fully saturated rings. The maximum absolute atomic E-state index is 12.8. The number of halogens is 1. The molecule has 1 saturated heterocycles. The molecule has 5 nitrogen and oxygen atoms in total. The van der Waals surface area contributed by atoms with Crippen molar-refractivity contribution in [2.45, 2.75) is 68.5 Å². The molecule has 0 aromatic heterocycles. The van der Waals surface area contributed by atoms with Crippen LogP contribution in [0.4, 0.5) is 4.79 Å². The highest BCUT2D eigenvalue weighted by Gasteiger charge is 2.63. The minimum atomic E-state index is -0.819. The number of ether oxygens (including phenoxy) is 2. The first-order chi connectivity index (χ1) is 11.1. The Hall–Kier alpha value is -1.30. The minimum absolute atomic E-state index is 0.0958. The summed E-state index contributed by atoms with van der Waals surface area (Å²) in [6.45, 7) is 8.18. The Kier molecular flexibility index (Phi) is 4.10. The highest BCUT2D eigenvalue weighted by molar-refractivity contribution is 9.09. The summed E-state index contributed by atoms with van der Waals surface area (Å²) in [5.74, 6) is -0.339. The first-order valence-corrected chi connectivity index (χ1v) is 9.27. The molecule has 24 heavy (non-hydrogen) atoms. The van der Waals surface area contributed by atoms with Gasteiger partial charge in [-0.25, -0.2) is 9.59 Å². The number of hydrogen-bond acceptors (Lipinski definition) is 4. The summed E-state index contributed by atoms with van der Waals surface area (Å²) in [5.41, 5.74) is -1.15.